The van der Waals surface area contributed by atoms with E-state index in [-0.39, 0.29) is 5.91 Å². The zero-order valence-electron chi connectivity index (χ0n) is 12.9. The van der Waals surface area contributed by atoms with Crippen molar-refractivity contribution in [1.29, 1.82) is 0 Å². The molecule has 0 radical (unpaired) electrons. The number of likely N-dealkylation sites (N-methyl/N-ethyl adjacent to an activating group) is 1. The number of carbonyl (C=O) groups is 1. The largest absolute Gasteiger partial charge is 0.492 e. The summed E-state index contributed by atoms with van der Waals surface area (Å²) in [5, 5.41) is 0. The summed E-state index contributed by atoms with van der Waals surface area (Å²) < 4.78 is 5.65. The van der Waals surface area contributed by atoms with Gasteiger partial charge < -0.3 is 9.64 Å². The van der Waals surface area contributed by atoms with E-state index in [1.54, 1.807) is 16.2 Å². The molecule has 0 unspecified atom stereocenters. The summed E-state index contributed by atoms with van der Waals surface area (Å²) in [7, 11) is 1.84. The highest BCUT2D eigenvalue weighted by atomic mass is 32.1. The summed E-state index contributed by atoms with van der Waals surface area (Å²) in [6.07, 6.45) is 4.76. The van der Waals surface area contributed by atoms with Gasteiger partial charge in [-0.3, -0.25) is 4.79 Å². The molecule has 1 heterocycles. The molecule has 0 aliphatic heterocycles. The van der Waals surface area contributed by atoms with Crippen LogP contribution in [-0.2, 0) is 12.8 Å². The highest BCUT2D eigenvalue weighted by molar-refractivity contribution is 7.14. The van der Waals surface area contributed by atoms with Crippen LogP contribution >= 0.6 is 11.3 Å². The van der Waals surface area contributed by atoms with Gasteiger partial charge in [-0.1, -0.05) is 18.2 Å². The number of ether oxygens (including phenoxy) is 1. The molecule has 4 heteroatoms. The molecule has 1 aromatic heterocycles. The van der Waals surface area contributed by atoms with E-state index in [0.29, 0.717) is 13.2 Å². The Kier molecular flexibility index (Phi) is 4.78. The Hall–Kier alpha value is -1.81. The lowest BCUT2D eigenvalue weighted by Gasteiger charge is -2.16. The van der Waals surface area contributed by atoms with E-state index < -0.39 is 0 Å². The van der Waals surface area contributed by atoms with E-state index in [4.69, 9.17) is 4.74 Å². The first kappa shape index (κ1) is 15.1. The third-order valence-electron chi connectivity index (χ3n) is 3.99. The molecule has 3 rings (SSSR count). The van der Waals surface area contributed by atoms with Crippen LogP contribution in [0.5, 0.6) is 5.75 Å². The van der Waals surface area contributed by atoms with Gasteiger partial charge in [0.25, 0.3) is 5.91 Å². The van der Waals surface area contributed by atoms with E-state index >= 15 is 0 Å². The number of nitrogens with zero attached hydrogens (tertiary/aromatic N) is 1. The monoisotopic (exact) mass is 315 g/mol. The van der Waals surface area contributed by atoms with Crippen molar-refractivity contribution in [2.24, 2.45) is 0 Å². The molecular weight excluding hydrogens is 294 g/mol. The lowest BCUT2D eigenvalue weighted by molar-refractivity contribution is 0.0778. The van der Waals surface area contributed by atoms with Gasteiger partial charge in [-0.25, -0.2) is 0 Å². The van der Waals surface area contributed by atoms with Crippen molar-refractivity contribution < 1.29 is 9.53 Å². The van der Waals surface area contributed by atoms with E-state index in [1.165, 1.54) is 23.3 Å². The minimum Gasteiger partial charge on any atom is -0.492 e. The van der Waals surface area contributed by atoms with E-state index in [1.807, 2.05) is 37.4 Å². The third kappa shape index (κ3) is 3.50. The lowest BCUT2D eigenvalue weighted by Crippen LogP contribution is -2.30. The van der Waals surface area contributed by atoms with Crippen LogP contribution in [0.25, 0.3) is 0 Å². The van der Waals surface area contributed by atoms with Gasteiger partial charge in [-0.2, -0.15) is 0 Å². The minimum atomic E-state index is 0.107. The maximum Gasteiger partial charge on any atom is 0.263 e. The summed E-state index contributed by atoms with van der Waals surface area (Å²) >= 11 is 1.67. The first-order valence-corrected chi connectivity index (χ1v) is 8.60. The highest BCUT2D eigenvalue weighted by Crippen LogP contribution is 2.30. The summed E-state index contributed by atoms with van der Waals surface area (Å²) in [5.41, 5.74) is 1.38. The van der Waals surface area contributed by atoms with Crippen LogP contribution in [0.1, 0.15) is 33.0 Å². The van der Waals surface area contributed by atoms with Crippen molar-refractivity contribution in [1.82, 2.24) is 4.90 Å². The van der Waals surface area contributed by atoms with Gasteiger partial charge in [-0.15, -0.1) is 11.3 Å². The fourth-order valence-electron chi connectivity index (χ4n) is 2.70. The molecule has 116 valence electrons. The summed E-state index contributed by atoms with van der Waals surface area (Å²) in [6.45, 7) is 1.10. The van der Waals surface area contributed by atoms with Crippen LogP contribution in [0.3, 0.4) is 0 Å². The summed E-state index contributed by atoms with van der Waals surface area (Å²) in [5.74, 6) is 0.950. The van der Waals surface area contributed by atoms with Crippen LogP contribution in [0, 0.1) is 0 Å². The molecule has 3 nitrogen and oxygen atoms in total. The molecule has 0 spiro atoms. The normalized spacial score (nSPS) is 13.5. The van der Waals surface area contributed by atoms with Crippen molar-refractivity contribution in [2.75, 3.05) is 20.2 Å². The molecular formula is C18H21NO2S. The molecule has 0 saturated heterocycles. The van der Waals surface area contributed by atoms with Crippen LogP contribution in [0.4, 0.5) is 0 Å². The highest BCUT2D eigenvalue weighted by Gasteiger charge is 2.19. The Bertz CT molecular complexity index is 612. The average molecular weight is 315 g/mol. The van der Waals surface area contributed by atoms with Crippen LogP contribution < -0.4 is 4.74 Å². The van der Waals surface area contributed by atoms with Gasteiger partial charge in [0.2, 0.25) is 0 Å². The van der Waals surface area contributed by atoms with Crippen molar-refractivity contribution in [3.8, 4) is 5.75 Å². The number of benzene rings is 1. The molecule has 0 saturated carbocycles. The predicted molar refractivity (Wildman–Crippen MR) is 89.9 cm³/mol. The van der Waals surface area contributed by atoms with E-state index in [2.05, 4.69) is 6.07 Å². The Balaban J connectivity index is 1.54. The molecule has 0 atom stereocenters. The smallest absolute Gasteiger partial charge is 0.263 e. The number of fused-ring (bicyclic) bond motifs is 1. The second kappa shape index (κ2) is 6.97. The summed E-state index contributed by atoms with van der Waals surface area (Å²) in [4.78, 5) is 16.5. The van der Waals surface area contributed by atoms with Crippen LogP contribution in [-0.4, -0.2) is 31.0 Å². The van der Waals surface area contributed by atoms with Crippen molar-refractivity contribution in [3.05, 3.63) is 51.7 Å². The number of rotatable bonds is 5. The Morgan fingerprint density at radius 2 is 2.00 bits per heavy atom. The molecule has 22 heavy (non-hydrogen) atoms. The van der Waals surface area contributed by atoms with Gasteiger partial charge in [0.05, 0.1) is 11.4 Å². The molecule has 1 aromatic carbocycles. The third-order valence-corrected chi connectivity index (χ3v) is 5.22. The van der Waals surface area contributed by atoms with Crippen molar-refractivity contribution in [3.63, 3.8) is 0 Å². The molecule has 1 aliphatic carbocycles. The minimum absolute atomic E-state index is 0.107. The van der Waals surface area contributed by atoms with E-state index in [9.17, 15) is 4.79 Å². The van der Waals surface area contributed by atoms with Crippen molar-refractivity contribution in [2.45, 2.75) is 25.7 Å². The molecule has 2 aromatic rings. The number of hydrogen-bond donors (Lipinski definition) is 0. The predicted octanol–water partition coefficient (Wildman–Crippen LogP) is 3.78. The molecule has 1 aliphatic rings. The van der Waals surface area contributed by atoms with Crippen molar-refractivity contribution >= 4 is 17.2 Å². The first-order valence-electron chi connectivity index (χ1n) is 7.79. The molecule has 0 N–H and O–H groups in total. The fraction of sp³-hybridized carbons (Fsp3) is 0.389. The second-order valence-electron chi connectivity index (χ2n) is 5.65. The number of carbonyl (C=O) groups excluding carboxylic acids is 1. The number of para-hydroxylation sites is 1. The number of amides is 1. The zero-order valence-corrected chi connectivity index (χ0v) is 13.7. The average Bonchev–Trinajstić information content (AvgIpc) is 2.99. The van der Waals surface area contributed by atoms with E-state index in [0.717, 1.165) is 23.5 Å². The number of hydrogen-bond acceptors (Lipinski definition) is 3. The van der Waals surface area contributed by atoms with Gasteiger partial charge in [0.15, 0.2) is 0 Å². The molecule has 0 fully saturated rings. The maximum atomic E-state index is 12.5. The van der Waals surface area contributed by atoms with Gasteiger partial charge in [0.1, 0.15) is 12.4 Å². The molecule has 0 bridgehead atoms. The second-order valence-corrected chi connectivity index (χ2v) is 6.79. The quantitative estimate of drug-likeness (QED) is 0.840. The standard InChI is InChI=1S/C18H21NO2S/c1-19(11-12-21-15-8-3-2-4-9-15)18(20)17-13-14-7-5-6-10-16(14)22-17/h2-4,8-9,13H,5-7,10-12H2,1H3. The topological polar surface area (TPSA) is 29.5 Å². The maximum absolute atomic E-state index is 12.5. The Morgan fingerprint density at radius 3 is 2.77 bits per heavy atom. The fourth-order valence-corrected chi connectivity index (χ4v) is 3.95. The van der Waals surface area contributed by atoms with Gasteiger partial charge >= 0.3 is 0 Å². The SMILES string of the molecule is CN(CCOc1ccccc1)C(=O)c1cc2c(s1)CCCC2. The number of aryl methyl sites for hydroxylation is 2. The lowest BCUT2D eigenvalue weighted by atomic mass is 9.99. The van der Waals surface area contributed by atoms with Crippen LogP contribution in [0.15, 0.2) is 36.4 Å². The number of thiophene rings is 1. The Labute approximate surface area is 135 Å². The van der Waals surface area contributed by atoms with Gasteiger partial charge in [0, 0.05) is 11.9 Å². The first-order chi connectivity index (χ1) is 10.7. The van der Waals surface area contributed by atoms with Crippen LogP contribution in [0.2, 0.25) is 0 Å². The zero-order chi connectivity index (χ0) is 15.4. The van der Waals surface area contributed by atoms with Gasteiger partial charge in [-0.05, 0) is 49.4 Å². The Morgan fingerprint density at radius 1 is 1.23 bits per heavy atom. The molecule has 1 amide bonds. The summed E-state index contributed by atoms with van der Waals surface area (Å²) in [6, 6.07) is 11.8.